The van der Waals surface area contributed by atoms with Crippen molar-refractivity contribution >= 4 is 17.8 Å². The molecule has 3 atom stereocenters. The Morgan fingerprint density at radius 1 is 1.21 bits per heavy atom. The van der Waals surface area contributed by atoms with E-state index in [1.54, 1.807) is 7.05 Å². The van der Waals surface area contributed by atoms with E-state index in [0.29, 0.717) is 12.5 Å². The summed E-state index contributed by atoms with van der Waals surface area (Å²) in [6, 6.07) is 3.97. The lowest BCUT2D eigenvalue weighted by atomic mass is 10.0. The van der Waals surface area contributed by atoms with Gasteiger partial charge in [0.25, 0.3) is 5.91 Å². The molecule has 3 heterocycles. The number of carbonyl (C=O) groups is 3. The summed E-state index contributed by atoms with van der Waals surface area (Å²) < 4.78 is 33.6. The topological polar surface area (TPSA) is 94.9 Å². The van der Waals surface area contributed by atoms with E-state index in [2.05, 4.69) is 10.2 Å². The van der Waals surface area contributed by atoms with Gasteiger partial charge in [0.2, 0.25) is 5.91 Å². The van der Waals surface area contributed by atoms with E-state index >= 15 is 0 Å². The van der Waals surface area contributed by atoms with Gasteiger partial charge in [-0.05, 0) is 31.5 Å². The fraction of sp³-hybridized carbons (Fsp3) is 0.588. The maximum absolute atomic E-state index is 12.5. The third-order valence-corrected chi connectivity index (χ3v) is 5.19. The highest BCUT2D eigenvalue weighted by Gasteiger charge is 2.48. The minimum absolute atomic E-state index is 0.0581. The lowest BCUT2D eigenvalue weighted by Crippen LogP contribution is -2.45. The van der Waals surface area contributed by atoms with Gasteiger partial charge in [0, 0.05) is 39.4 Å². The van der Waals surface area contributed by atoms with Crippen LogP contribution in [0, 0.1) is 5.92 Å². The summed E-state index contributed by atoms with van der Waals surface area (Å²) in [5.74, 6) is -2.21. The molecule has 2 fully saturated rings. The number of alkyl halides is 3. The number of hydrogen-bond acceptors (Lipinski definition) is 4. The molecule has 0 unspecified atom stereocenters. The number of nitrogens with one attached hydrogen (secondary N) is 1. The quantitative estimate of drug-likeness (QED) is 0.751. The zero-order valence-electron chi connectivity index (χ0n) is 15.7. The van der Waals surface area contributed by atoms with Crippen molar-refractivity contribution in [1.29, 1.82) is 0 Å². The van der Waals surface area contributed by atoms with Gasteiger partial charge in [-0.25, -0.2) is 4.79 Å². The van der Waals surface area contributed by atoms with E-state index in [4.69, 9.17) is 9.90 Å². The van der Waals surface area contributed by atoms with Crippen molar-refractivity contribution in [2.45, 2.75) is 24.7 Å². The molecule has 2 amide bonds. The normalized spacial score (nSPS) is 24.4. The average Bonchev–Trinajstić information content (AvgIpc) is 3.30. The van der Waals surface area contributed by atoms with Gasteiger partial charge in [0.05, 0.1) is 6.04 Å². The molecular weight excluding hydrogens is 381 g/mol. The van der Waals surface area contributed by atoms with Crippen molar-refractivity contribution in [1.82, 2.24) is 19.7 Å². The molecule has 0 aromatic carbocycles. The first kappa shape index (κ1) is 21.7. The van der Waals surface area contributed by atoms with E-state index in [9.17, 15) is 22.8 Å². The van der Waals surface area contributed by atoms with E-state index in [-0.39, 0.29) is 23.9 Å². The summed E-state index contributed by atoms with van der Waals surface area (Å²) in [4.78, 5) is 37.4. The number of aromatic nitrogens is 1. The van der Waals surface area contributed by atoms with Crippen LogP contribution in [0.4, 0.5) is 13.2 Å². The Morgan fingerprint density at radius 2 is 1.82 bits per heavy atom. The number of likely N-dealkylation sites (tertiary alicyclic amines) is 2. The smallest absolute Gasteiger partial charge is 0.475 e. The van der Waals surface area contributed by atoms with Gasteiger partial charge in [-0.2, -0.15) is 13.2 Å². The number of halogens is 3. The number of carboxylic acid groups (broad SMARTS) is 1. The van der Waals surface area contributed by atoms with Gasteiger partial charge in [0.15, 0.2) is 0 Å². The third kappa shape index (κ3) is 4.46. The predicted octanol–water partition coefficient (Wildman–Crippen LogP) is 0.549. The van der Waals surface area contributed by atoms with E-state index in [1.165, 1.54) is 0 Å². The lowest BCUT2D eigenvalue weighted by molar-refractivity contribution is -0.192. The molecule has 2 N–H and O–H groups in total. The van der Waals surface area contributed by atoms with Crippen LogP contribution in [0.15, 0.2) is 18.3 Å². The summed E-state index contributed by atoms with van der Waals surface area (Å²) in [6.07, 6.45) is -2.37. The standard InChI is InChI=1S/C15H22N4O2.C2HF3O2/c1-16-14(20)12-7-10-8-19(9-13(10)18(12)3)15(21)11-5-4-6-17(11)2;3-2(4,5)1(6)7/h4-6,10,12-13H,7-9H2,1-3H3,(H,16,20);(H,6,7)/t10-,12-,13+;/m1./s1. The van der Waals surface area contributed by atoms with Crippen LogP contribution in [0.1, 0.15) is 16.9 Å². The number of carbonyl (C=O) groups excluding carboxylic acids is 2. The van der Waals surface area contributed by atoms with Gasteiger partial charge in [-0.3, -0.25) is 14.5 Å². The number of carboxylic acids is 1. The Hall–Kier alpha value is -2.56. The predicted molar refractivity (Wildman–Crippen MR) is 92.5 cm³/mol. The summed E-state index contributed by atoms with van der Waals surface area (Å²) in [5, 5.41) is 9.85. The van der Waals surface area contributed by atoms with Crippen LogP contribution in [0.25, 0.3) is 0 Å². The van der Waals surface area contributed by atoms with Crippen LogP contribution >= 0.6 is 0 Å². The van der Waals surface area contributed by atoms with Gasteiger partial charge in [0.1, 0.15) is 5.69 Å². The maximum atomic E-state index is 12.5. The Labute approximate surface area is 159 Å². The van der Waals surface area contributed by atoms with E-state index in [0.717, 1.165) is 18.7 Å². The molecule has 11 heteroatoms. The first-order chi connectivity index (χ1) is 13.0. The van der Waals surface area contributed by atoms with Gasteiger partial charge >= 0.3 is 12.1 Å². The summed E-state index contributed by atoms with van der Waals surface area (Å²) in [7, 11) is 5.55. The molecule has 8 nitrogen and oxygen atoms in total. The molecule has 0 aliphatic carbocycles. The zero-order chi connectivity index (χ0) is 21.2. The Balaban J connectivity index is 0.000000345. The Morgan fingerprint density at radius 3 is 2.25 bits per heavy atom. The minimum atomic E-state index is -5.08. The number of aryl methyl sites for hydroxylation is 1. The highest BCUT2D eigenvalue weighted by molar-refractivity contribution is 5.93. The molecule has 1 aromatic heterocycles. The number of fused-ring (bicyclic) bond motifs is 1. The molecule has 2 aliphatic rings. The van der Waals surface area contributed by atoms with Crippen LogP contribution in [0.2, 0.25) is 0 Å². The monoisotopic (exact) mass is 404 g/mol. The molecule has 28 heavy (non-hydrogen) atoms. The second-order valence-electron chi connectivity index (χ2n) is 6.88. The summed E-state index contributed by atoms with van der Waals surface area (Å²) >= 11 is 0. The van der Waals surface area contributed by atoms with Crippen molar-refractivity contribution in [3.8, 4) is 0 Å². The highest BCUT2D eigenvalue weighted by atomic mass is 19.4. The molecule has 3 rings (SSSR count). The highest BCUT2D eigenvalue weighted by Crippen LogP contribution is 2.35. The van der Waals surface area contributed by atoms with Crippen LogP contribution in [-0.2, 0) is 16.6 Å². The Kier molecular flexibility index (Phi) is 6.37. The number of likely N-dealkylation sites (N-methyl/N-ethyl adjacent to an activating group) is 2. The largest absolute Gasteiger partial charge is 0.490 e. The van der Waals surface area contributed by atoms with Crippen LogP contribution in [0.5, 0.6) is 0 Å². The molecule has 0 radical (unpaired) electrons. The molecule has 1 aromatic rings. The number of hydrogen-bond donors (Lipinski definition) is 2. The molecule has 156 valence electrons. The maximum Gasteiger partial charge on any atom is 0.490 e. The summed E-state index contributed by atoms with van der Waals surface area (Å²) in [6.45, 7) is 1.45. The first-order valence-corrected chi connectivity index (χ1v) is 8.61. The van der Waals surface area contributed by atoms with Crippen molar-refractivity contribution < 1.29 is 32.7 Å². The van der Waals surface area contributed by atoms with Crippen LogP contribution in [-0.4, -0.2) is 82.7 Å². The molecule has 0 bridgehead atoms. The molecule has 0 spiro atoms. The first-order valence-electron chi connectivity index (χ1n) is 8.61. The van der Waals surface area contributed by atoms with Crippen molar-refractivity contribution in [2.24, 2.45) is 13.0 Å². The summed E-state index contributed by atoms with van der Waals surface area (Å²) in [5.41, 5.74) is 0.723. The Bertz CT molecular complexity index is 749. The second-order valence-corrected chi connectivity index (χ2v) is 6.88. The van der Waals surface area contributed by atoms with E-state index in [1.807, 2.05) is 41.9 Å². The molecule has 0 saturated carbocycles. The van der Waals surface area contributed by atoms with Crippen molar-refractivity contribution in [2.75, 3.05) is 27.2 Å². The van der Waals surface area contributed by atoms with Gasteiger partial charge < -0.3 is 19.9 Å². The van der Waals surface area contributed by atoms with Gasteiger partial charge in [-0.1, -0.05) is 0 Å². The fourth-order valence-corrected chi connectivity index (χ4v) is 3.70. The van der Waals surface area contributed by atoms with Crippen molar-refractivity contribution in [3.05, 3.63) is 24.0 Å². The van der Waals surface area contributed by atoms with Crippen LogP contribution in [0.3, 0.4) is 0 Å². The SMILES string of the molecule is CNC(=O)[C@H]1C[C@@H]2CN(C(=O)c3cccn3C)C[C@@H]2N1C.O=C(O)C(F)(F)F. The number of amides is 2. The molecular formula is C17H23F3N4O4. The number of rotatable bonds is 2. The van der Waals surface area contributed by atoms with Crippen LogP contribution < -0.4 is 5.32 Å². The zero-order valence-corrected chi connectivity index (χ0v) is 15.7. The number of nitrogens with zero attached hydrogens (tertiary/aromatic N) is 3. The van der Waals surface area contributed by atoms with Gasteiger partial charge in [-0.15, -0.1) is 0 Å². The second kappa shape index (κ2) is 8.21. The number of aliphatic carboxylic acids is 1. The minimum Gasteiger partial charge on any atom is -0.475 e. The lowest BCUT2D eigenvalue weighted by Gasteiger charge is -2.25. The van der Waals surface area contributed by atoms with E-state index < -0.39 is 12.1 Å². The van der Waals surface area contributed by atoms with Crippen molar-refractivity contribution in [3.63, 3.8) is 0 Å². The third-order valence-electron chi connectivity index (χ3n) is 5.19. The molecule has 2 aliphatic heterocycles. The fourth-order valence-electron chi connectivity index (χ4n) is 3.70. The average molecular weight is 404 g/mol. The molecule has 2 saturated heterocycles.